The third-order valence-electron chi connectivity index (χ3n) is 5.99. The highest BCUT2D eigenvalue weighted by molar-refractivity contribution is 7.13. The van der Waals surface area contributed by atoms with Gasteiger partial charge < -0.3 is 14.2 Å². The van der Waals surface area contributed by atoms with Crippen LogP contribution in [0.15, 0.2) is 26.7 Å². The van der Waals surface area contributed by atoms with Crippen molar-refractivity contribution in [3.8, 4) is 10.8 Å². The summed E-state index contributed by atoms with van der Waals surface area (Å²) in [6.45, 7) is 3.13. The smallest absolute Gasteiger partial charge is 0.387 e. The van der Waals surface area contributed by atoms with E-state index in [-0.39, 0.29) is 36.6 Å². The summed E-state index contributed by atoms with van der Waals surface area (Å²) in [6, 6.07) is 3.70. The molecule has 9 heteroatoms. The van der Waals surface area contributed by atoms with Crippen LogP contribution in [0.4, 0.5) is 0 Å². The number of aryl methyl sites for hydroxylation is 1. The lowest BCUT2D eigenvalue weighted by molar-refractivity contribution is -0.140. The Bertz CT molecular complexity index is 904. The minimum atomic E-state index is -0.548. The molecule has 2 aliphatic heterocycles. The van der Waals surface area contributed by atoms with E-state index in [2.05, 4.69) is 5.10 Å². The predicted octanol–water partition coefficient (Wildman–Crippen LogP) is 2.60. The molecule has 4 rings (SSSR count). The summed E-state index contributed by atoms with van der Waals surface area (Å²) in [5, 5.41) is 6.08. The van der Waals surface area contributed by atoms with Crippen LogP contribution < -0.4 is 5.76 Å². The summed E-state index contributed by atoms with van der Waals surface area (Å²) in [4.78, 5) is 42.0. The molecular formula is C21H28N4O4S. The zero-order chi connectivity index (χ0) is 20.9. The highest BCUT2D eigenvalue weighted by atomic mass is 32.1. The lowest BCUT2D eigenvalue weighted by atomic mass is 9.95. The molecule has 2 aromatic rings. The van der Waals surface area contributed by atoms with Crippen LogP contribution in [0.5, 0.6) is 0 Å². The van der Waals surface area contributed by atoms with Crippen molar-refractivity contribution in [3.63, 3.8) is 0 Å². The molecule has 0 saturated carbocycles. The fraction of sp³-hybridized carbons (Fsp3) is 0.619. The first kappa shape index (κ1) is 20.8. The van der Waals surface area contributed by atoms with Gasteiger partial charge in [-0.15, -0.1) is 16.4 Å². The molecular weight excluding hydrogens is 404 g/mol. The number of carbonyl (C=O) groups excluding carboxylic acids is 2. The van der Waals surface area contributed by atoms with Crippen molar-refractivity contribution in [2.45, 2.75) is 51.5 Å². The van der Waals surface area contributed by atoms with E-state index < -0.39 is 5.76 Å². The molecule has 162 valence electrons. The first-order chi connectivity index (χ1) is 14.6. The van der Waals surface area contributed by atoms with Crippen LogP contribution in [0, 0.1) is 5.92 Å². The van der Waals surface area contributed by atoms with Gasteiger partial charge in [-0.05, 0) is 37.1 Å². The van der Waals surface area contributed by atoms with Gasteiger partial charge in [0.1, 0.15) is 0 Å². The lowest BCUT2D eigenvalue weighted by Crippen LogP contribution is -2.45. The normalized spacial score (nSPS) is 18.4. The van der Waals surface area contributed by atoms with E-state index in [4.69, 9.17) is 4.42 Å². The van der Waals surface area contributed by atoms with Crippen molar-refractivity contribution in [2.24, 2.45) is 5.92 Å². The van der Waals surface area contributed by atoms with E-state index in [0.717, 1.165) is 30.8 Å². The molecule has 0 aromatic carbocycles. The van der Waals surface area contributed by atoms with Crippen LogP contribution in [0.1, 0.15) is 44.9 Å². The second kappa shape index (κ2) is 9.59. The zero-order valence-electron chi connectivity index (χ0n) is 17.1. The van der Waals surface area contributed by atoms with Crippen molar-refractivity contribution >= 4 is 23.2 Å². The molecule has 0 aliphatic carbocycles. The topological polar surface area (TPSA) is 88.6 Å². The molecule has 0 unspecified atom stereocenters. The molecule has 2 amide bonds. The van der Waals surface area contributed by atoms with E-state index in [0.29, 0.717) is 25.9 Å². The summed E-state index contributed by atoms with van der Waals surface area (Å²) >= 11 is 1.44. The molecule has 2 aromatic heterocycles. The van der Waals surface area contributed by atoms with Crippen molar-refractivity contribution in [1.82, 2.24) is 19.6 Å². The maximum atomic E-state index is 12.8. The maximum absolute atomic E-state index is 12.8. The van der Waals surface area contributed by atoms with Gasteiger partial charge in [-0.1, -0.05) is 18.9 Å². The number of nitrogens with zero attached hydrogens (tertiary/aromatic N) is 4. The van der Waals surface area contributed by atoms with Gasteiger partial charge in [0.2, 0.25) is 11.8 Å². The molecule has 0 N–H and O–H groups in total. The van der Waals surface area contributed by atoms with Gasteiger partial charge in [-0.3, -0.25) is 9.59 Å². The Morgan fingerprint density at radius 1 is 1.07 bits per heavy atom. The second-order valence-corrected chi connectivity index (χ2v) is 8.97. The van der Waals surface area contributed by atoms with Crippen molar-refractivity contribution in [3.05, 3.63) is 28.1 Å². The fourth-order valence-electron chi connectivity index (χ4n) is 4.23. The van der Waals surface area contributed by atoms with Crippen molar-refractivity contribution in [2.75, 3.05) is 26.2 Å². The molecule has 0 spiro atoms. The monoisotopic (exact) mass is 432 g/mol. The van der Waals surface area contributed by atoms with E-state index in [9.17, 15) is 14.4 Å². The number of rotatable bonds is 5. The first-order valence-electron chi connectivity index (χ1n) is 10.8. The predicted molar refractivity (Wildman–Crippen MR) is 113 cm³/mol. The molecule has 2 fully saturated rings. The highest BCUT2D eigenvalue weighted by Gasteiger charge is 2.30. The number of aromatic nitrogens is 2. The number of likely N-dealkylation sites (tertiary alicyclic amines) is 2. The number of thiophene rings is 1. The first-order valence-corrected chi connectivity index (χ1v) is 11.7. The molecule has 0 bridgehead atoms. The Hall–Kier alpha value is -2.42. The molecule has 2 aliphatic rings. The van der Waals surface area contributed by atoms with Crippen molar-refractivity contribution < 1.29 is 14.0 Å². The quantitative estimate of drug-likeness (QED) is 0.725. The molecule has 0 atom stereocenters. The van der Waals surface area contributed by atoms with Gasteiger partial charge in [0, 0.05) is 38.5 Å². The summed E-state index contributed by atoms with van der Waals surface area (Å²) in [5.41, 5.74) is 0. The van der Waals surface area contributed by atoms with Gasteiger partial charge in [0.05, 0.1) is 11.4 Å². The number of carbonyl (C=O) groups is 2. The minimum Gasteiger partial charge on any atom is -0.387 e. The average molecular weight is 433 g/mol. The number of piperidine rings is 1. The summed E-state index contributed by atoms with van der Waals surface area (Å²) in [7, 11) is 0. The summed E-state index contributed by atoms with van der Waals surface area (Å²) in [6.07, 6.45) is 6.24. The molecule has 30 heavy (non-hydrogen) atoms. The van der Waals surface area contributed by atoms with Crippen LogP contribution in [-0.2, 0) is 16.1 Å². The standard InChI is InChI=1S/C21H28N4O4S/c26-18(9-14-25-21(28)29-19(22-25)17-6-5-15-30-17)23-12-7-16(8-13-23)20(27)24-10-3-1-2-4-11-24/h5-6,15-16H,1-4,7-14H2. The Morgan fingerprint density at radius 3 is 2.47 bits per heavy atom. The van der Waals surface area contributed by atoms with E-state index in [1.165, 1.54) is 28.9 Å². The van der Waals surface area contributed by atoms with E-state index in [1.54, 1.807) is 4.90 Å². The summed E-state index contributed by atoms with van der Waals surface area (Å²) < 4.78 is 6.39. The zero-order valence-corrected chi connectivity index (χ0v) is 17.9. The largest absolute Gasteiger partial charge is 0.437 e. The molecule has 4 heterocycles. The Balaban J connectivity index is 1.26. The minimum absolute atomic E-state index is 0.0109. The number of amides is 2. The number of hydrogen-bond acceptors (Lipinski definition) is 6. The third-order valence-corrected chi connectivity index (χ3v) is 6.85. The van der Waals surface area contributed by atoms with Gasteiger partial charge in [-0.25, -0.2) is 4.79 Å². The molecule has 2 saturated heterocycles. The second-order valence-electron chi connectivity index (χ2n) is 8.02. The van der Waals surface area contributed by atoms with Gasteiger partial charge >= 0.3 is 5.76 Å². The van der Waals surface area contributed by atoms with E-state index >= 15 is 0 Å². The van der Waals surface area contributed by atoms with Gasteiger partial charge in [0.25, 0.3) is 5.89 Å². The molecule has 0 radical (unpaired) electrons. The third kappa shape index (κ3) is 4.83. The van der Waals surface area contributed by atoms with Crippen LogP contribution in [-0.4, -0.2) is 57.6 Å². The number of hydrogen-bond donors (Lipinski definition) is 0. The fourth-order valence-corrected chi connectivity index (χ4v) is 4.88. The highest BCUT2D eigenvalue weighted by Crippen LogP contribution is 2.23. The average Bonchev–Trinajstić information content (AvgIpc) is 3.34. The van der Waals surface area contributed by atoms with Gasteiger partial charge in [-0.2, -0.15) is 4.68 Å². The summed E-state index contributed by atoms with van der Waals surface area (Å²) in [5.74, 6) is 0.0180. The van der Waals surface area contributed by atoms with Crippen LogP contribution >= 0.6 is 11.3 Å². The van der Waals surface area contributed by atoms with Gasteiger partial charge in [0.15, 0.2) is 0 Å². The lowest BCUT2D eigenvalue weighted by Gasteiger charge is -2.34. The maximum Gasteiger partial charge on any atom is 0.437 e. The van der Waals surface area contributed by atoms with E-state index in [1.807, 2.05) is 22.4 Å². The van der Waals surface area contributed by atoms with Crippen LogP contribution in [0.25, 0.3) is 10.8 Å². The van der Waals surface area contributed by atoms with Crippen LogP contribution in [0.3, 0.4) is 0 Å². The Morgan fingerprint density at radius 2 is 1.80 bits per heavy atom. The van der Waals surface area contributed by atoms with Crippen LogP contribution in [0.2, 0.25) is 0 Å². The van der Waals surface area contributed by atoms with Crippen molar-refractivity contribution in [1.29, 1.82) is 0 Å². The SMILES string of the molecule is O=C(CCn1nc(-c2cccs2)oc1=O)N1CCC(C(=O)N2CCCCCC2)CC1. The molecule has 8 nitrogen and oxygen atoms in total. The Labute approximate surface area is 179 Å². The Kier molecular flexibility index (Phi) is 6.66.